The number of nitrogens with one attached hydrogen (secondary N) is 1. The van der Waals surface area contributed by atoms with Crippen molar-refractivity contribution in [2.45, 2.75) is 11.3 Å². The second-order valence-electron chi connectivity index (χ2n) is 4.86. The average Bonchev–Trinajstić information content (AvgIpc) is 3.01. The number of nitrogens with zero attached hydrogens (tertiary/aromatic N) is 2. The molecule has 0 aliphatic heterocycles. The minimum Gasteiger partial charge on any atom is -0.497 e. The number of benzene rings is 2. The number of thioether (sulfide) groups is 1. The molecule has 3 aromatic rings. The van der Waals surface area contributed by atoms with Crippen LogP contribution in [0.4, 0.5) is 5.69 Å². The topological polar surface area (TPSA) is 63.6 Å². The van der Waals surface area contributed by atoms with Gasteiger partial charge in [-0.05, 0) is 48.2 Å². The molecule has 0 saturated carbocycles. The molecule has 0 unspecified atom stereocenters. The number of thiazole rings is 1. The van der Waals surface area contributed by atoms with Crippen molar-refractivity contribution in [2.75, 3.05) is 12.5 Å². The summed E-state index contributed by atoms with van der Waals surface area (Å²) in [7, 11) is 1.61. The number of rotatable bonds is 5. The first kappa shape index (κ1) is 16.5. The van der Waals surface area contributed by atoms with Gasteiger partial charge < -0.3 is 4.74 Å². The summed E-state index contributed by atoms with van der Waals surface area (Å²) in [6, 6.07) is 15.2. The largest absolute Gasteiger partial charge is 0.497 e. The number of ether oxygens (including phenoxy) is 1. The van der Waals surface area contributed by atoms with Crippen molar-refractivity contribution >= 4 is 49.8 Å². The number of hydrazone groups is 1. The van der Waals surface area contributed by atoms with Gasteiger partial charge in [0.25, 0.3) is 0 Å². The van der Waals surface area contributed by atoms with Crippen LogP contribution in [0.3, 0.4) is 0 Å². The van der Waals surface area contributed by atoms with Crippen LogP contribution in [0.15, 0.2) is 58.0 Å². The van der Waals surface area contributed by atoms with Crippen molar-refractivity contribution in [3.05, 3.63) is 48.5 Å². The van der Waals surface area contributed by atoms with Crippen LogP contribution in [0.1, 0.15) is 6.92 Å². The highest BCUT2D eigenvalue weighted by Crippen LogP contribution is 2.30. The Kier molecular flexibility index (Phi) is 5.12. The molecule has 0 bridgehead atoms. The van der Waals surface area contributed by atoms with Crippen LogP contribution in [0.2, 0.25) is 0 Å². The lowest BCUT2D eigenvalue weighted by atomic mass is 10.3. The third-order valence-corrected chi connectivity index (χ3v) is 5.31. The molecule has 0 aliphatic carbocycles. The van der Waals surface area contributed by atoms with E-state index in [1.165, 1.54) is 18.7 Å². The van der Waals surface area contributed by atoms with Crippen molar-refractivity contribution in [2.24, 2.45) is 5.10 Å². The fourth-order valence-corrected chi connectivity index (χ4v) is 3.85. The van der Waals surface area contributed by atoms with Crippen molar-refractivity contribution in [1.29, 1.82) is 0 Å². The van der Waals surface area contributed by atoms with Gasteiger partial charge in [-0.3, -0.25) is 10.2 Å². The normalized spacial score (nSPS) is 11.5. The zero-order valence-electron chi connectivity index (χ0n) is 13.1. The van der Waals surface area contributed by atoms with Gasteiger partial charge in [0.05, 0.1) is 23.0 Å². The molecule has 0 aliphatic rings. The Bertz CT molecular complexity index is 855. The van der Waals surface area contributed by atoms with E-state index >= 15 is 0 Å². The van der Waals surface area contributed by atoms with E-state index in [4.69, 9.17) is 4.74 Å². The predicted molar refractivity (Wildman–Crippen MR) is 100 cm³/mol. The number of ketones is 1. The number of Topliss-reactive ketones (excluding diaryl/α,β-unsaturated/α-hetero) is 1. The molecule has 0 spiro atoms. The lowest BCUT2D eigenvalue weighted by Crippen LogP contribution is -2.08. The zero-order valence-corrected chi connectivity index (χ0v) is 14.8. The van der Waals surface area contributed by atoms with E-state index in [0.29, 0.717) is 5.04 Å². The van der Waals surface area contributed by atoms with Gasteiger partial charge >= 0.3 is 0 Å². The number of carbonyl (C=O) groups is 1. The molecular weight excluding hydrogens is 342 g/mol. The van der Waals surface area contributed by atoms with Crippen LogP contribution in [-0.4, -0.2) is 22.9 Å². The maximum Gasteiger partial charge on any atom is 0.186 e. The molecule has 5 nitrogen and oxygen atoms in total. The summed E-state index contributed by atoms with van der Waals surface area (Å²) in [4.78, 5) is 16.4. The molecule has 0 atom stereocenters. The molecule has 0 saturated heterocycles. The van der Waals surface area contributed by atoms with E-state index < -0.39 is 0 Å². The monoisotopic (exact) mass is 357 g/mol. The Labute approximate surface area is 147 Å². The summed E-state index contributed by atoms with van der Waals surface area (Å²) in [6.07, 6.45) is 0. The van der Waals surface area contributed by atoms with Gasteiger partial charge in [-0.15, -0.1) is 11.3 Å². The van der Waals surface area contributed by atoms with Crippen molar-refractivity contribution in [3.8, 4) is 5.75 Å². The van der Waals surface area contributed by atoms with Crippen LogP contribution in [-0.2, 0) is 4.79 Å². The van der Waals surface area contributed by atoms with E-state index in [0.717, 1.165) is 26.0 Å². The van der Waals surface area contributed by atoms with E-state index in [2.05, 4.69) is 15.5 Å². The van der Waals surface area contributed by atoms with Gasteiger partial charge in [0.1, 0.15) is 5.75 Å². The molecule has 2 aromatic carbocycles. The molecule has 1 aromatic heterocycles. The second-order valence-corrected chi connectivity index (χ2v) is 7.13. The van der Waals surface area contributed by atoms with Gasteiger partial charge in [-0.25, -0.2) is 4.98 Å². The fraction of sp³-hybridized carbons (Fsp3) is 0.118. The molecule has 1 N–H and O–H groups in total. The Morgan fingerprint density at radius 3 is 2.62 bits per heavy atom. The van der Waals surface area contributed by atoms with Gasteiger partial charge in [-0.1, -0.05) is 12.1 Å². The quantitative estimate of drug-likeness (QED) is 0.317. The minimum atomic E-state index is -0.111. The summed E-state index contributed by atoms with van der Waals surface area (Å²) >= 11 is 2.81. The highest BCUT2D eigenvalue weighted by Gasteiger charge is 2.12. The summed E-state index contributed by atoms with van der Waals surface area (Å²) < 4.78 is 6.99. The molecule has 1 heterocycles. The zero-order chi connectivity index (χ0) is 16.9. The highest BCUT2D eigenvalue weighted by molar-refractivity contribution is 8.17. The molecule has 3 rings (SSSR count). The predicted octanol–water partition coefficient (Wildman–Crippen LogP) is 4.41. The lowest BCUT2D eigenvalue weighted by molar-refractivity contribution is -0.110. The summed E-state index contributed by atoms with van der Waals surface area (Å²) in [6.45, 7) is 1.49. The molecular formula is C17H15N3O2S2. The number of aromatic nitrogens is 1. The van der Waals surface area contributed by atoms with E-state index in [9.17, 15) is 4.79 Å². The van der Waals surface area contributed by atoms with E-state index in [1.54, 1.807) is 18.4 Å². The second kappa shape index (κ2) is 7.46. The number of hydrogen-bond donors (Lipinski definition) is 1. The van der Waals surface area contributed by atoms with E-state index in [1.807, 2.05) is 48.5 Å². The number of anilines is 1. The average molecular weight is 357 g/mol. The van der Waals surface area contributed by atoms with Gasteiger partial charge in [0.15, 0.2) is 15.2 Å². The van der Waals surface area contributed by atoms with Crippen LogP contribution in [0, 0.1) is 0 Å². The maximum atomic E-state index is 11.9. The fourth-order valence-electron chi connectivity index (χ4n) is 1.93. The Morgan fingerprint density at radius 2 is 1.96 bits per heavy atom. The smallest absolute Gasteiger partial charge is 0.186 e. The van der Waals surface area contributed by atoms with Crippen molar-refractivity contribution in [1.82, 2.24) is 4.98 Å². The molecule has 0 fully saturated rings. The van der Waals surface area contributed by atoms with Crippen molar-refractivity contribution in [3.63, 3.8) is 0 Å². The summed E-state index contributed by atoms with van der Waals surface area (Å²) in [5.41, 5.74) is 4.60. The van der Waals surface area contributed by atoms with Crippen LogP contribution in [0.25, 0.3) is 10.2 Å². The van der Waals surface area contributed by atoms with Crippen LogP contribution < -0.4 is 10.2 Å². The maximum absolute atomic E-state index is 11.9. The Balaban J connectivity index is 1.76. The first-order valence-electron chi connectivity index (χ1n) is 7.18. The third kappa shape index (κ3) is 3.93. The van der Waals surface area contributed by atoms with Gasteiger partial charge in [-0.2, -0.15) is 5.10 Å². The van der Waals surface area contributed by atoms with Gasteiger partial charge in [0, 0.05) is 6.92 Å². The standard InChI is InChI=1S/C17H15N3O2S2/c1-11(21)16(20-19-12-7-9-13(22-2)10-8-12)24-17-18-14-5-3-4-6-15(14)23-17/h3-10,19H,1-2H3/b20-16+. The Hall–Kier alpha value is -2.38. The van der Waals surface area contributed by atoms with Gasteiger partial charge in [0.2, 0.25) is 0 Å². The lowest BCUT2D eigenvalue weighted by Gasteiger charge is -2.04. The first-order chi connectivity index (χ1) is 11.7. The number of hydrogen-bond acceptors (Lipinski definition) is 7. The van der Waals surface area contributed by atoms with Crippen LogP contribution >= 0.6 is 23.1 Å². The first-order valence-corrected chi connectivity index (χ1v) is 8.81. The third-order valence-electron chi connectivity index (χ3n) is 3.14. The minimum absolute atomic E-state index is 0.111. The molecule has 0 amide bonds. The molecule has 0 radical (unpaired) electrons. The van der Waals surface area contributed by atoms with E-state index in [-0.39, 0.29) is 5.78 Å². The molecule has 7 heteroatoms. The number of carbonyl (C=O) groups excluding carboxylic acids is 1. The molecule has 122 valence electrons. The molecule has 24 heavy (non-hydrogen) atoms. The number of para-hydroxylation sites is 1. The van der Waals surface area contributed by atoms with Crippen LogP contribution in [0.5, 0.6) is 5.75 Å². The van der Waals surface area contributed by atoms with Crippen molar-refractivity contribution < 1.29 is 9.53 Å². The summed E-state index contributed by atoms with van der Waals surface area (Å²) in [5.74, 6) is 0.653. The summed E-state index contributed by atoms with van der Waals surface area (Å²) in [5, 5.41) is 4.59. The Morgan fingerprint density at radius 1 is 1.21 bits per heavy atom. The number of fused-ring (bicyclic) bond motifs is 1. The highest BCUT2D eigenvalue weighted by atomic mass is 32.2. The number of methoxy groups -OCH3 is 1. The SMILES string of the molecule is COc1ccc(N/N=C(/Sc2nc3ccccc3s2)C(C)=O)cc1.